The summed E-state index contributed by atoms with van der Waals surface area (Å²) in [4.78, 5) is 22.3. The van der Waals surface area contributed by atoms with Gasteiger partial charge in [-0.2, -0.15) is 0 Å². The molecule has 2 N–H and O–H groups in total. The van der Waals surface area contributed by atoms with Crippen LogP contribution in [0, 0.1) is 5.41 Å². The smallest absolute Gasteiger partial charge is 0.335 e. The molecule has 0 heterocycles. The van der Waals surface area contributed by atoms with E-state index in [1.165, 1.54) is 19.3 Å². The fourth-order valence-corrected chi connectivity index (χ4v) is 3.81. The predicted octanol–water partition coefficient (Wildman–Crippen LogP) is 6.60. The van der Waals surface area contributed by atoms with Crippen LogP contribution in [0.2, 0.25) is 0 Å². The Balaban J connectivity index is 2.20. The molecule has 0 aromatic heterocycles. The zero-order valence-corrected chi connectivity index (χ0v) is 17.6. The van der Waals surface area contributed by atoms with Gasteiger partial charge in [0.2, 0.25) is 0 Å². The molecule has 0 amide bonds. The van der Waals surface area contributed by atoms with Crippen molar-refractivity contribution >= 4 is 11.9 Å². The average molecular weight is 397 g/mol. The van der Waals surface area contributed by atoms with E-state index >= 15 is 0 Å². The summed E-state index contributed by atoms with van der Waals surface area (Å²) >= 11 is 0. The van der Waals surface area contributed by atoms with E-state index in [-0.39, 0.29) is 17.0 Å². The topological polar surface area (TPSA) is 74.6 Å². The van der Waals surface area contributed by atoms with E-state index in [9.17, 15) is 9.59 Å². The third kappa shape index (κ3) is 6.74. The lowest BCUT2D eigenvalue weighted by molar-refractivity contribution is 0.0686. The molecule has 0 fully saturated rings. The van der Waals surface area contributed by atoms with Crippen molar-refractivity contribution in [1.29, 1.82) is 0 Å². The number of aromatic carboxylic acids is 2. The first-order valence-corrected chi connectivity index (χ1v) is 10.4. The molecule has 2 aromatic carbocycles. The van der Waals surface area contributed by atoms with E-state index in [0.717, 1.165) is 30.4 Å². The van der Waals surface area contributed by atoms with Gasteiger partial charge in [-0.1, -0.05) is 64.3 Å². The van der Waals surface area contributed by atoms with Crippen LogP contribution in [0.15, 0.2) is 48.5 Å². The van der Waals surface area contributed by atoms with Gasteiger partial charge in [0.05, 0.1) is 11.1 Å². The summed E-state index contributed by atoms with van der Waals surface area (Å²) < 4.78 is 0. The first kappa shape index (κ1) is 22.7. The monoisotopic (exact) mass is 396 g/mol. The zero-order chi connectivity index (χ0) is 21.4. The van der Waals surface area contributed by atoms with Gasteiger partial charge in [-0.3, -0.25) is 0 Å². The highest BCUT2D eigenvalue weighted by Gasteiger charge is 2.20. The SMILES string of the molecule is CCCCC(C)(C)CCCC(c1ccc(C(=O)O)cc1)c1ccc(C(=O)O)cc1. The Bertz CT molecular complexity index is 746. The normalized spacial score (nSPS) is 11.6. The van der Waals surface area contributed by atoms with Crippen LogP contribution in [-0.2, 0) is 0 Å². The first-order valence-electron chi connectivity index (χ1n) is 10.4. The average Bonchev–Trinajstić information content (AvgIpc) is 2.70. The molecule has 2 aromatic rings. The Morgan fingerprint density at radius 2 is 1.21 bits per heavy atom. The molecule has 4 nitrogen and oxygen atoms in total. The van der Waals surface area contributed by atoms with Gasteiger partial charge in [-0.25, -0.2) is 9.59 Å². The number of hydrogen-bond acceptors (Lipinski definition) is 2. The van der Waals surface area contributed by atoms with E-state index in [2.05, 4.69) is 20.8 Å². The van der Waals surface area contributed by atoms with E-state index < -0.39 is 11.9 Å². The van der Waals surface area contributed by atoms with E-state index in [1.54, 1.807) is 24.3 Å². The molecular formula is C25H32O4. The second-order valence-corrected chi connectivity index (χ2v) is 8.57. The summed E-state index contributed by atoms with van der Waals surface area (Å²) in [6.07, 6.45) is 6.79. The number of rotatable bonds is 11. The van der Waals surface area contributed by atoms with E-state index in [4.69, 9.17) is 10.2 Å². The Kier molecular flexibility index (Phi) is 8.00. The molecule has 4 heteroatoms. The standard InChI is InChI=1S/C25H32O4/c1-4-5-16-25(2,3)17-6-7-22(18-8-12-20(13-9-18)23(26)27)19-10-14-21(15-11-19)24(28)29/h8-15,22H,4-7,16-17H2,1-3H3,(H,26,27)(H,28,29). The molecule has 0 saturated heterocycles. The quantitative estimate of drug-likeness (QED) is 0.448. The van der Waals surface area contributed by atoms with Crippen molar-refractivity contribution in [1.82, 2.24) is 0 Å². The minimum atomic E-state index is -0.934. The van der Waals surface area contributed by atoms with Crippen LogP contribution in [0.5, 0.6) is 0 Å². The minimum absolute atomic E-state index is 0.114. The Morgan fingerprint density at radius 3 is 1.59 bits per heavy atom. The Labute approximate surface area is 173 Å². The van der Waals surface area contributed by atoms with Crippen LogP contribution in [0.25, 0.3) is 0 Å². The van der Waals surface area contributed by atoms with Crippen molar-refractivity contribution in [3.8, 4) is 0 Å². The number of carbonyl (C=O) groups is 2. The fraction of sp³-hybridized carbons (Fsp3) is 0.440. The molecule has 29 heavy (non-hydrogen) atoms. The highest BCUT2D eigenvalue weighted by Crippen LogP contribution is 2.35. The highest BCUT2D eigenvalue weighted by atomic mass is 16.4. The summed E-state index contributed by atoms with van der Waals surface area (Å²) in [7, 11) is 0. The van der Waals surface area contributed by atoms with Crippen LogP contribution in [0.1, 0.15) is 97.1 Å². The van der Waals surface area contributed by atoms with E-state index in [1.807, 2.05) is 24.3 Å². The third-order valence-electron chi connectivity index (χ3n) is 5.67. The van der Waals surface area contributed by atoms with Crippen molar-refractivity contribution in [2.24, 2.45) is 5.41 Å². The third-order valence-corrected chi connectivity index (χ3v) is 5.67. The number of hydrogen-bond donors (Lipinski definition) is 2. The maximum absolute atomic E-state index is 11.2. The fourth-order valence-electron chi connectivity index (χ4n) is 3.81. The molecule has 0 atom stereocenters. The number of unbranched alkanes of at least 4 members (excludes halogenated alkanes) is 1. The molecule has 156 valence electrons. The van der Waals surface area contributed by atoms with Crippen molar-refractivity contribution in [2.75, 3.05) is 0 Å². The minimum Gasteiger partial charge on any atom is -0.478 e. The summed E-state index contributed by atoms with van der Waals surface area (Å²) in [5, 5.41) is 18.3. The van der Waals surface area contributed by atoms with Crippen molar-refractivity contribution < 1.29 is 19.8 Å². The van der Waals surface area contributed by atoms with Gasteiger partial charge >= 0.3 is 11.9 Å². The molecule has 0 unspecified atom stereocenters. The summed E-state index contributed by atoms with van der Waals surface area (Å²) in [6.45, 7) is 6.86. The van der Waals surface area contributed by atoms with Crippen molar-refractivity contribution in [3.63, 3.8) is 0 Å². The lowest BCUT2D eigenvalue weighted by Crippen LogP contribution is -2.12. The van der Waals surface area contributed by atoms with E-state index in [0.29, 0.717) is 5.41 Å². The van der Waals surface area contributed by atoms with Gasteiger partial charge < -0.3 is 10.2 Å². The van der Waals surface area contributed by atoms with Gasteiger partial charge in [-0.15, -0.1) is 0 Å². The lowest BCUT2D eigenvalue weighted by Gasteiger charge is -2.26. The van der Waals surface area contributed by atoms with Gasteiger partial charge in [0, 0.05) is 5.92 Å². The van der Waals surface area contributed by atoms with Gasteiger partial charge in [0.1, 0.15) is 0 Å². The maximum Gasteiger partial charge on any atom is 0.335 e. The van der Waals surface area contributed by atoms with Crippen LogP contribution in [0.3, 0.4) is 0 Å². The first-order chi connectivity index (χ1) is 13.7. The molecule has 0 aliphatic heterocycles. The zero-order valence-electron chi connectivity index (χ0n) is 17.6. The molecule has 0 saturated carbocycles. The van der Waals surface area contributed by atoms with Crippen LogP contribution in [0.4, 0.5) is 0 Å². The molecule has 0 aliphatic rings. The molecule has 0 bridgehead atoms. The van der Waals surface area contributed by atoms with Gasteiger partial charge in [-0.05, 0) is 60.1 Å². The van der Waals surface area contributed by atoms with Crippen molar-refractivity contribution in [3.05, 3.63) is 70.8 Å². The largest absolute Gasteiger partial charge is 0.478 e. The second-order valence-electron chi connectivity index (χ2n) is 8.57. The molecule has 0 radical (unpaired) electrons. The predicted molar refractivity (Wildman–Crippen MR) is 116 cm³/mol. The molecular weight excluding hydrogens is 364 g/mol. The Morgan fingerprint density at radius 1 is 0.793 bits per heavy atom. The summed E-state index contributed by atoms with van der Waals surface area (Å²) in [5.41, 5.74) is 2.97. The number of benzene rings is 2. The summed E-state index contributed by atoms with van der Waals surface area (Å²) in [5.74, 6) is -1.75. The van der Waals surface area contributed by atoms with Crippen LogP contribution < -0.4 is 0 Å². The van der Waals surface area contributed by atoms with Gasteiger partial charge in [0.25, 0.3) is 0 Å². The van der Waals surface area contributed by atoms with Gasteiger partial charge in [0.15, 0.2) is 0 Å². The second kappa shape index (κ2) is 10.2. The molecule has 0 aliphatic carbocycles. The Hall–Kier alpha value is -2.62. The summed E-state index contributed by atoms with van der Waals surface area (Å²) in [6, 6.07) is 14.1. The van der Waals surface area contributed by atoms with Crippen molar-refractivity contribution in [2.45, 2.75) is 65.2 Å². The lowest BCUT2D eigenvalue weighted by atomic mass is 9.79. The molecule has 2 rings (SSSR count). The maximum atomic E-state index is 11.2. The highest BCUT2D eigenvalue weighted by molar-refractivity contribution is 5.88. The number of carboxylic acid groups (broad SMARTS) is 2. The van der Waals surface area contributed by atoms with Crippen LogP contribution >= 0.6 is 0 Å². The molecule has 0 spiro atoms. The number of carboxylic acids is 2. The van der Waals surface area contributed by atoms with Crippen LogP contribution in [-0.4, -0.2) is 22.2 Å².